The van der Waals surface area contributed by atoms with E-state index in [0.717, 1.165) is 18.9 Å². The van der Waals surface area contributed by atoms with Gasteiger partial charge in [0, 0.05) is 13.0 Å². The van der Waals surface area contributed by atoms with Crippen molar-refractivity contribution in [2.45, 2.75) is 44.4 Å². The van der Waals surface area contributed by atoms with Crippen LogP contribution in [0.3, 0.4) is 0 Å². The molecule has 7 heteroatoms. The predicted molar refractivity (Wildman–Crippen MR) is 70.5 cm³/mol. The number of aromatic nitrogens is 1. The Kier molecular flexibility index (Phi) is 3.30. The number of halogens is 3. The molecule has 1 aromatic rings. The fraction of sp³-hybridized carbons (Fsp3) is 0.571. The average Bonchev–Trinajstić information content (AvgIpc) is 3.20. The maximum Gasteiger partial charge on any atom is 0.433 e. The van der Waals surface area contributed by atoms with E-state index in [4.69, 9.17) is 0 Å². The van der Waals surface area contributed by atoms with Crippen molar-refractivity contribution in [1.29, 1.82) is 0 Å². The molecule has 2 N–H and O–H groups in total. The van der Waals surface area contributed by atoms with E-state index in [-0.39, 0.29) is 17.6 Å². The SMILES string of the molecule is CC(=O)N[C@H]1C[C@@H](C2CC2)Nc2ccc(C(F)(F)F)nc21. The van der Waals surface area contributed by atoms with Crippen LogP contribution in [0.25, 0.3) is 0 Å². The maximum atomic E-state index is 12.8. The molecule has 0 unspecified atom stereocenters. The smallest absolute Gasteiger partial charge is 0.380 e. The summed E-state index contributed by atoms with van der Waals surface area (Å²) < 4.78 is 38.4. The van der Waals surface area contributed by atoms with E-state index in [1.165, 1.54) is 13.0 Å². The fourth-order valence-electron chi connectivity index (χ4n) is 2.83. The molecule has 1 aromatic heterocycles. The number of nitrogens with one attached hydrogen (secondary N) is 2. The first-order valence-corrected chi connectivity index (χ1v) is 6.96. The summed E-state index contributed by atoms with van der Waals surface area (Å²) in [5.41, 5.74) is -0.0647. The Bertz CT molecular complexity index is 569. The second kappa shape index (κ2) is 4.89. The van der Waals surface area contributed by atoms with Crippen LogP contribution in [0.15, 0.2) is 12.1 Å². The molecule has 1 saturated carbocycles. The second-order valence-corrected chi connectivity index (χ2v) is 5.70. The third kappa shape index (κ3) is 2.96. The van der Waals surface area contributed by atoms with E-state index < -0.39 is 17.9 Å². The van der Waals surface area contributed by atoms with Crippen LogP contribution in [-0.2, 0) is 11.0 Å². The Morgan fingerprint density at radius 3 is 2.67 bits per heavy atom. The van der Waals surface area contributed by atoms with Crippen molar-refractivity contribution >= 4 is 11.6 Å². The zero-order chi connectivity index (χ0) is 15.2. The van der Waals surface area contributed by atoms with Crippen LogP contribution < -0.4 is 10.6 Å². The topological polar surface area (TPSA) is 54.0 Å². The van der Waals surface area contributed by atoms with Crippen LogP contribution in [0.4, 0.5) is 18.9 Å². The molecule has 4 nitrogen and oxygen atoms in total. The van der Waals surface area contributed by atoms with Gasteiger partial charge in [0.15, 0.2) is 0 Å². The van der Waals surface area contributed by atoms with Gasteiger partial charge in [-0.3, -0.25) is 4.79 Å². The summed E-state index contributed by atoms with van der Waals surface area (Å²) in [7, 11) is 0. The van der Waals surface area contributed by atoms with Crippen molar-refractivity contribution < 1.29 is 18.0 Å². The van der Waals surface area contributed by atoms with Gasteiger partial charge >= 0.3 is 6.18 Å². The lowest BCUT2D eigenvalue weighted by atomic mass is 9.94. The molecule has 0 saturated heterocycles. The highest BCUT2D eigenvalue weighted by Gasteiger charge is 2.40. The highest BCUT2D eigenvalue weighted by molar-refractivity contribution is 5.74. The molecular formula is C14H16F3N3O. The summed E-state index contributed by atoms with van der Waals surface area (Å²) in [4.78, 5) is 15.0. The van der Waals surface area contributed by atoms with Gasteiger partial charge in [-0.1, -0.05) is 0 Å². The van der Waals surface area contributed by atoms with Crippen LogP contribution in [0.5, 0.6) is 0 Å². The molecule has 0 bridgehead atoms. The lowest BCUT2D eigenvalue weighted by Crippen LogP contribution is -2.38. The Balaban J connectivity index is 1.95. The third-order valence-corrected chi connectivity index (χ3v) is 3.94. The van der Waals surface area contributed by atoms with E-state index in [0.29, 0.717) is 18.0 Å². The zero-order valence-electron chi connectivity index (χ0n) is 11.5. The van der Waals surface area contributed by atoms with Gasteiger partial charge in [0.2, 0.25) is 5.91 Å². The first kappa shape index (κ1) is 14.2. The highest BCUT2D eigenvalue weighted by Crippen LogP contribution is 2.43. The molecular weight excluding hydrogens is 283 g/mol. The van der Waals surface area contributed by atoms with E-state index in [9.17, 15) is 18.0 Å². The third-order valence-electron chi connectivity index (χ3n) is 3.94. The summed E-state index contributed by atoms with van der Waals surface area (Å²) >= 11 is 0. The number of carbonyl (C=O) groups is 1. The largest absolute Gasteiger partial charge is 0.433 e. The number of pyridine rings is 1. The van der Waals surface area contributed by atoms with Crippen molar-refractivity contribution in [3.63, 3.8) is 0 Å². The lowest BCUT2D eigenvalue weighted by Gasteiger charge is -2.33. The average molecular weight is 299 g/mol. The van der Waals surface area contributed by atoms with Crippen LogP contribution in [0.2, 0.25) is 0 Å². The van der Waals surface area contributed by atoms with E-state index >= 15 is 0 Å². The van der Waals surface area contributed by atoms with Crippen molar-refractivity contribution in [1.82, 2.24) is 10.3 Å². The van der Waals surface area contributed by atoms with E-state index in [2.05, 4.69) is 15.6 Å². The summed E-state index contributed by atoms with van der Waals surface area (Å²) in [5.74, 6) is 0.276. The molecule has 0 aromatic carbocycles. The minimum Gasteiger partial charge on any atom is -0.380 e. The Hall–Kier alpha value is -1.79. The minimum absolute atomic E-state index is 0.188. The molecule has 21 heavy (non-hydrogen) atoms. The van der Waals surface area contributed by atoms with Gasteiger partial charge in [-0.2, -0.15) is 13.2 Å². The number of nitrogens with zero attached hydrogens (tertiary/aromatic N) is 1. The second-order valence-electron chi connectivity index (χ2n) is 5.70. The molecule has 3 rings (SSSR count). The van der Waals surface area contributed by atoms with Gasteiger partial charge in [0.25, 0.3) is 0 Å². The van der Waals surface area contributed by atoms with Gasteiger partial charge in [-0.15, -0.1) is 0 Å². The Morgan fingerprint density at radius 1 is 1.38 bits per heavy atom. The van der Waals surface area contributed by atoms with Gasteiger partial charge in [0.1, 0.15) is 5.69 Å². The zero-order valence-corrected chi connectivity index (χ0v) is 11.5. The molecule has 1 aliphatic carbocycles. The van der Waals surface area contributed by atoms with Crippen LogP contribution in [-0.4, -0.2) is 16.9 Å². The summed E-state index contributed by atoms with van der Waals surface area (Å²) in [5, 5.41) is 5.98. The Morgan fingerprint density at radius 2 is 2.10 bits per heavy atom. The molecule has 0 spiro atoms. The maximum absolute atomic E-state index is 12.8. The minimum atomic E-state index is -4.48. The molecule has 2 aliphatic rings. The van der Waals surface area contributed by atoms with Crippen molar-refractivity contribution in [2.24, 2.45) is 5.92 Å². The summed E-state index contributed by atoms with van der Waals surface area (Å²) in [6, 6.07) is 2.11. The summed E-state index contributed by atoms with van der Waals surface area (Å²) in [6.07, 6.45) is -1.67. The van der Waals surface area contributed by atoms with Gasteiger partial charge < -0.3 is 10.6 Å². The quantitative estimate of drug-likeness (QED) is 0.883. The van der Waals surface area contributed by atoms with Crippen molar-refractivity contribution in [2.75, 3.05) is 5.32 Å². The Labute approximate surface area is 120 Å². The van der Waals surface area contributed by atoms with Crippen molar-refractivity contribution in [3.8, 4) is 0 Å². The number of rotatable bonds is 2. The number of fused-ring (bicyclic) bond motifs is 1. The van der Waals surface area contributed by atoms with Gasteiger partial charge in [0.05, 0.1) is 17.4 Å². The monoisotopic (exact) mass is 299 g/mol. The van der Waals surface area contributed by atoms with E-state index in [1.807, 2.05) is 0 Å². The van der Waals surface area contributed by atoms with Crippen LogP contribution >= 0.6 is 0 Å². The normalized spacial score (nSPS) is 25.0. The molecule has 1 amide bonds. The predicted octanol–water partition coefficient (Wildman–Crippen LogP) is 2.87. The van der Waals surface area contributed by atoms with Crippen LogP contribution in [0.1, 0.15) is 43.6 Å². The fourth-order valence-corrected chi connectivity index (χ4v) is 2.83. The van der Waals surface area contributed by atoms with Crippen LogP contribution in [0, 0.1) is 5.92 Å². The number of carbonyl (C=O) groups excluding carboxylic acids is 1. The number of anilines is 1. The number of alkyl halides is 3. The molecule has 0 radical (unpaired) electrons. The molecule has 2 atom stereocenters. The number of amides is 1. The highest BCUT2D eigenvalue weighted by atomic mass is 19.4. The van der Waals surface area contributed by atoms with Crippen molar-refractivity contribution in [3.05, 3.63) is 23.5 Å². The molecule has 2 heterocycles. The molecule has 1 aliphatic heterocycles. The standard InChI is InChI=1S/C14H16F3N3O/c1-7(21)18-11-6-10(8-2-3-8)19-9-4-5-12(14(15,16)17)20-13(9)11/h4-5,8,10-11,19H,2-3,6H2,1H3,(H,18,21)/t10-,11-/m0/s1. The summed E-state index contributed by atoms with van der Waals surface area (Å²) in [6.45, 7) is 1.36. The van der Waals surface area contributed by atoms with Gasteiger partial charge in [-0.25, -0.2) is 4.98 Å². The first-order valence-electron chi connectivity index (χ1n) is 6.96. The van der Waals surface area contributed by atoms with E-state index in [1.54, 1.807) is 0 Å². The molecule has 114 valence electrons. The van der Waals surface area contributed by atoms with Gasteiger partial charge in [-0.05, 0) is 37.3 Å². The molecule has 1 fully saturated rings. The first-order chi connectivity index (χ1) is 9.84. The number of hydrogen-bond donors (Lipinski definition) is 2. The lowest BCUT2D eigenvalue weighted by molar-refractivity contribution is -0.141. The number of hydrogen-bond acceptors (Lipinski definition) is 3.